The summed E-state index contributed by atoms with van der Waals surface area (Å²) in [6.07, 6.45) is 0.979. The Bertz CT molecular complexity index is 540. The normalized spacial score (nSPS) is 10.8. The monoisotopic (exact) mass is 201 g/mol. The maximum Gasteiger partial charge on any atom is 0.251 e. The van der Waals surface area contributed by atoms with Crippen LogP contribution in [0.4, 0.5) is 0 Å². The van der Waals surface area contributed by atoms with Crippen LogP contribution in [0, 0.1) is 6.92 Å². The molecule has 0 saturated carbocycles. The summed E-state index contributed by atoms with van der Waals surface area (Å²) in [6, 6.07) is 9.74. The summed E-state index contributed by atoms with van der Waals surface area (Å²) in [5.74, 6) is 0. The molecular weight excluding hydrogens is 186 g/mol. The van der Waals surface area contributed by atoms with Gasteiger partial charge in [0.05, 0.1) is 5.52 Å². The molecule has 0 atom stereocenters. The molecule has 0 aliphatic carbocycles. The summed E-state index contributed by atoms with van der Waals surface area (Å²) in [5, 5.41) is 1.14. The van der Waals surface area contributed by atoms with Crippen molar-refractivity contribution in [1.29, 1.82) is 0 Å². The van der Waals surface area contributed by atoms with Crippen molar-refractivity contribution in [1.82, 2.24) is 4.57 Å². The van der Waals surface area contributed by atoms with E-state index >= 15 is 0 Å². The van der Waals surface area contributed by atoms with Gasteiger partial charge in [0.25, 0.3) is 5.56 Å². The summed E-state index contributed by atoms with van der Waals surface area (Å²) in [4.78, 5) is 11.7. The van der Waals surface area contributed by atoms with Crippen LogP contribution in [0.25, 0.3) is 10.9 Å². The molecule has 15 heavy (non-hydrogen) atoms. The summed E-state index contributed by atoms with van der Waals surface area (Å²) >= 11 is 0. The van der Waals surface area contributed by atoms with Crippen LogP contribution in [-0.2, 0) is 6.54 Å². The zero-order valence-corrected chi connectivity index (χ0v) is 9.16. The highest BCUT2D eigenvalue weighted by Gasteiger charge is 2.01. The van der Waals surface area contributed by atoms with E-state index in [9.17, 15) is 4.79 Å². The number of nitrogens with zero attached hydrogens (tertiary/aromatic N) is 1. The lowest BCUT2D eigenvalue weighted by atomic mass is 10.1. The first-order chi connectivity index (χ1) is 7.22. The third-order valence-electron chi connectivity index (χ3n) is 2.59. The second-order valence-electron chi connectivity index (χ2n) is 3.89. The molecule has 0 amide bonds. The molecule has 0 fully saturated rings. The quantitative estimate of drug-likeness (QED) is 0.732. The van der Waals surface area contributed by atoms with Crippen molar-refractivity contribution < 1.29 is 0 Å². The van der Waals surface area contributed by atoms with Crippen LogP contribution in [0.3, 0.4) is 0 Å². The third kappa shape index (κ3) is 1.80. The molecule has 2 heteroatoms. The van der Waals surface area contributed by atoms with Gasteiger partial charge in [-0.1, -0.05) is 18.6 Å². The van der Waals surface area contributed by atoms with Crippen molar-refractivity contribution in [3.05, 3.63) is 46.2 Å². The number of pyridine rings is 1. The fourth-order valence-electron chi connectivity index (χ4n) is 1.88. The SMILES string of the molecule is CCCn1c(=O)ccc2cc(C)ccc21. The molecule has 0 saturated heterocycles. The number of hydrogen-bond donors (Lipinski definition) is 0. The molecule has 2 aromatic rings. The summed E-state index contributed by atoms with van der Waals surface area (Å²) < 4.78 is 1.84. The van der Waals surface area contributed by atoms with Gasteiger partial charge in [0.1, 0.15) is 0 Å². The van der Waals surface area contributed by atoms with Crippen LogP contribution in [-0.4, -0.2) is 4.57 Å². The zero-order valence-electron chi connectivity index (χ0n) is 9.16. The van der Waals surface area contributed by atoms with Crippen molar-refractivity contribution in [2.75, 3.05) is 0 Å². The van der Waals surface area contributed by atoms with Crippen LogP contribution < -0.4 is 5.56 Å². The molecule has 1 aromatic carbocycles. The molecule has 78 valence electrons. The lowest BCUT2D eigenvalue weighted by Gasteiger charge is -2.08. The largest absolute Gasteiger partial charge is 0.308 e. The number of hydrogen-bond acceptors (Lipinski definition) is 1. The summed E-state index contributed by atoms with van der Waals surface area (Å²) in [7, 11) is 0. The van der Waals surface area contributed by atoms with Gasteiger partial charge in [0.2, 0.25) is 0 Å². The van der Waals surface area contributed by atoms with Crippen molar-refractivity contribution in [3.8, 4) is 0 Å². The van der Waals surface area contributed by atoms with Crippen LogP contribution in [0.5, 0.6) is 0 Å². The van der Waals surface area contributed by atoms with E-state index in [0.29, 0.717) is 0 Å². The van der Waals surface area contributed by atoms with E-state index in [4.69, 9.17) is 0 Å². The average molecular weight is 201 g/mol. The standard InChI is InChI=1S/C13H15NO/c1-3-8-14-12-6-4-10(2)9-11(12)5-7-13(14)15/h4-7,9H,3,8H2,1-2H3. The highest BCUT2D eigenvalue weighted by molar-refractivity contribution is 5.79. The summed E-state index contributed by atoms with van der Waals surface area (Å²) in [5.41, 5.74) is 2.35. The Balaban J connectivity index is 2.76. The minimum Gasteiger partial charge on any atom is -0.308 e. The molecule has 0 bridgehead atoms. The van der Waals surface area contributed by atoms with Crippen LogP contribution in [0.2, 0.25) is 0 Å². The lowest BCUT2D eigenvalue weighted by Crippen LogP contribution is -2.18. The molecule has 2 rings (SSSR count). The molecule has 0 N–H and O–H groups in total. The van der Waals surface area contributed by atoms with E-state index in [1.165, 1.54) is 5.56 Å². The first-order valence-electron chi connectivity index (χ1n) is 5.32. The number of fused-ring (bicyclic) bond motifs is 1. The van der Waals surface area contributed by atoms with Crippen molar-refractivity contribution in [3.63, 3.8) is 0 Å². The van der Waals surface area contributed by atoms with Gasteiger partial charge in [0.15, 0.2) is 0 Å². The molecular formula is C13H15NO. The third-order valence-corrected chi connectivity index (χ3v) is 2.59. The Morgan fingerprint density at radius 1 is 1.20 bits per heavy atom. The number of rotatable bonds is 2. The van der Waals surface area contributed by atoms with Gasteiger partial charge in [0, 0.05) is 12.6 Å². The van der Waals surface area contributed by atoms with Gasteiger partial charge in [-0.25, -0.2) is 0 Å². The van der Waals surface area contributed by atoms with E-state index in [2.05, 4.69) is 19.9 Å². The topological polar surface area (TPSA) is 22.0 Å². The Kier molecular flexibility index (Phi) is 2.58. The molecule has 1 heterocycles. The van der Waals surface area contributed by atoms with Crippen LogP contribution in [0.15, 0.2) is 35.1 Å². The summed E-state index contributed by atoms with van der Waals surface area (Å²) in [6.45, 7) is 4.94. The molecule has 0 unspecified atom stereocenters. The second kappa shape index (κ2) is 3.89. The fraction of sp³-hybridized carbons (Fsp3) is 0.308. The van der Waals surface area contributed by atoms with E-state index in [1.807, 2.05) is 22.8 Å². The van der Waals surface area contributed by atoms with E-state index in [-0.39, 0.29) is 5.56 Å². The van der Waals surface area contributed by atoms with Gasteiger partial charge in [-0.15, -0.1) is 0 Å². The van der Waals surface area contributed by atoms with Gasteiger partial charge >= 0.3 is 0 Å². The van der Waals surface area contributed by atoms with Crippen LogP contribution in [0.1, 0.15) is 18.9 Å². The van der Waals surface area contributed by atoms with Gasteiger partial charge < -0.3 is 4.57 Å². The lowest BCUT2D eigenvalue weighted by molar-refractivity contribution is 0.678. The zero-order chi connectivity index (χ0) is 10.8. The molecule has 2 nitrogen and oxygen atoms in total. The van der Waals surface area contributed by atoms with Crippen molar-refractivity contribution in [2.24, 2.45) is 0 Å². The fourth-order valence-corrected chi connectivity index (χ4v) is 1.88. The molecule has 0 aliphatic heterocycles. The first kappa shape index (κ1) is 9.97. The Morgan fingerprint density at radius 2 is 2.00 bits per heavy atom. The number of aromatic nitrogens is 1. The maximum atomic E-state index is 11.7. The van der Waals surface area contributed by atoms with Gasteiger partial charge in [-0.05, 0) is 36.9 Å². The van der Waals surface area contributed by atoms with Gasteiger partial charge in [-0.3, -0.25) is 4.79 Å². The first-order valence-corrected chi connectivity index (χ1v) is 5.32. The average Bonchev–Trinajstić information content (AvgIpc) is 2.22. The minimum absolute atomic E-state index is 0.0909. The predicted molar refractivity (Wildman–Crippen MR) is 63.2 cm³/mol. The smallest absolute Gasteiger partial charge is 0.251 e. The highest BCUT2D eigenvalue weighted by Crippen LogP contribution is 2.13. The van der Waals surface area contributed by atoms with E-state index in [1.54, 1.807) is 6.07 Å². The maximum absolute atomic E-state index is 11.7. The highest BCUT2D eigenvalue weighted by atomic mass is 16.1. The minimum atomic E-state index is 0.0909. The van der Waals surface area contributed by atoms with E-state index < -0.39 is 0 Å². The van der Waals surface area contributed by atoms with Crippen LogP contribution >= 0.6 is 0 Å². The molecule has 0 spiro atoms. The molecule has 0 aliphatic rings. The molecule has 1 aromatic heterocycles. The predicted octanol–water partition coefficient (Wildman–Crippen LogP) is 2.72. The van der Waals surface area contributed by atoms with Crippen molar-refractivity contribution in [2.45, 2.75) is 26.8 Å². The Labute approximate surface area is 89.2 Å². The number of benzene rings is 1. The van der Waals surface area contributed by atoms with Gasteiger partial charge in [-0.2, -0.15) is 0 Å². The Hall–Kier alpha value is -1.57. The second-order valence-corrected chi connectivity index (χ2v) is 3.89. The Morgan fingerprint density at radius 3 is 2.73 bits per heavy atom. The van der Waals surface area contributed by atoms with Crippen molar-refractivity contribution >= 4 is 10.9 Å². The molecule has 0 radical (unpaired) electrons. The number of aryl methyl sites for hydroxylation is 2. The van der Waals surface area contributed by atoms with E-state index in [0.717, 1.165) is 23.9 Å².